The van der Waals surface area contributed by atoms with Crippen molar-refractivity contribution >= 4 is 5.91 Å². The quantitative estimate of drug-likeness (QED) is 0.901. The van der Waals surface area contributed by atoms with Gasteiger partial charge in [0.25, 0.3) is 0 Å². The summed E-state index contributed by atoms with van der Waals surface area (Å²) >= 11 is 0. The maximum atomic E-state index is 12.1. The summed E-state index contributed by atoms with van der Waals surface area (Å²) in [6.45, 7) is 5.30. The molecule has 1 aliphatic heterocycles. The second-order valence-electron chi connectivity index (χ2n) is 5.96. The van der Waals surface area contributed by atoms with Crippen molar-refractivity contribution in [2.75, 3.05) is 13.1 Å². The van der Waals surface area contributed by atoms with Crippen LogP contribution < -0.4 is 0 Å². The molecule has 0 aliphatic carbocycles. The van der Waals surface area contributed by atoms with Crippen molar-refractivity contribution < 1.29 is 9.90 Å². The van der Waals surface area contributed by atoms with Gasteiger partial charge in [-0.1, -0.05) is 19.9 Å². The highest BCUT2D eigenvalue weighted by molar-refractivity contribution is 5.76. The average molecular weight is 262 g/mol. The Hall–Kier alpha value is -1.42. The van der Waals surface area contributed by atoms with Crippen LogP contribution >= 0.6 is 0 Å². The normalized spacial score (nSPS) is 22.3. The molecule has 1 aliphatic rings. The van der Waals surface area contributed by atoms with Crippen LogP contribution in [0.25, 0.3) is 0 Å². The van der Waals surface area contributed by atoms with E-state index in [2.05, 4.69) is 18.8 Å². The fourth-order valence-electron chi connectivity index (χ4n) is 2.32. The molecule has 1 N–H and O–H groups in total. The van der Waals surface area contributed by atoms with Gasteiger partial charge in [0.15, 0.2) is 0 Å². The highest BCUT2D eigenvalue weighted by atomic mass is 16.3. The molecule has 1 aromatic rings. The molecule has 104 valence electrons. The number of aliphatic hydroxyl groups excluding tert-OH is 1. The first-order chi connectivity index (χ1) is 8.99. The van der Waals surface area contributed by atoms with Gasteiger partial charge in [-0.05, 0) is 29.9 Å². The SMILES string of the molecule is CC1(C)CCN(C(=O)CCc2cccnc2)CC1O. The molecule has 0 bridgehead atoms. The number of piperidine rings is 1. The van der Waals surface area contributed by atoms with Gasteiger partial charge in [-0.25, -0.2) is 0 Å². The molecule has 1 saturated heterocycles. The van der Waals surface area contributed by atoms with Gasteiger partial charge >= 0.3 is 0 Å². The highest BCUT2D eigenvalue weighted by Gasteiger charge is 2.35. The van der Waals surface area contributed by atoms with E-state index in [9.17, 15) is 9.90 Å². The number of β-amino-alcohol motifs (C(OH)–C–C–N with tert-alkyl or cyclic N) is 1. The lowest BCUT2D eigenvalue weighted by Gasteiger charge is -2.41. The Morgan fingerprint density at radius 2 is 2.37 bits per heavy atom. The van der Waals surface area contributed by atoms with E-state index in [1.165, 1.54) is 0 Å². The van der Waals surface area contributed by atoms with Crippen molar-refractivity contribution in [2.24, 2.45) is 5.41 Å². The summed E-state index contributed by atoms with van der Waals surface area (Å²) in [5.41, 5.74) is 0.994. The molecule has 4 heteroatoms. The maximum Gasteiger partial charge on any atom is 0.222 e. The summed E-state index contributed by atoms with van der Waals surface area (Å²) in [7, 11) is 0. The van der Waals surface area contributed by atoms with E-state index >= 15 is 0 Å². The number of carbonyl (C=O) groups is 1. The Morgan fingerprint density at radius 1 is 1.58 bits per heavy atom. The number of nitrogens with zero attached hydrogens (tertiary/aromatic N) is 2. The van der Waals surface area contributed by atoms with Crippen molar-refractivity contribution in [1.29, 1.82) is 0 Å². The van der Waals surface area contributed by atoms with E-state index in [1.807, 2.05) is 12.1 Å². The van der Waals surface area contributed by atoms with Gasteiger partial charge in [0.2, 0.25) is 5.91 Å². The first-order valence-electron chi connectivity index (χ1n) is 6.84. The molecule has 1 atom stereocenters. The molecule has 0 aromatic carbocycles. The van der Waals surface area contributed by atoms with Gasteiger partial charge in [0, 0.05) is 31.9 Å². The topological polar surface area (TPSA) is 53.4 Å². The van der Waals surface area contributed by atoms with Crippen molar-refractivity contribution in [3.8, 4) is 0 Å². The lowest BCUT2D eigenvalue weighted by atomic mass is 9.80. The third-order valence-electron chi connectivity index (χ3n) is 4.02. The molecule has 19 heavy (non-hydrogen) atoms. The van der Waals surface area contributed by atoms with Crippen LogP contribution in [-0.2, 0) is 11.2 Å². The number of likely N-dealkylation sites (tertiary alicyclic amines) is 1. The van der Waals surface area contributed by atoms with Crippen molar-refractivity contribution in [1.82, 2.24) is 9.88 Å². The van der Waals surface area contributed by atoms with Crippen LogP contribution in [0.2, 0.25) is 0 Å². The standard InChI is InChI=1S/C15H22N2O2/c1-15(2)7-9-17(11-13(15)18)14(19)6-5-12-4-3-8-16-10-12/h3-4,8,10,13,18H,5-7,9,11H2,1-2H3. The predicted molar refractivity (Wildman–Crippen MR) is 73.5 cm³/mol. The maximum absolute atomic E-state index is 12.1. The summed E-state index contributed by atoms with van der Waals surface area (Å²) in [6.07, 6.45) is 5.15. The van der Waals surface area contributed by atoms with Crippen LogP contribution in [0, 0.1) is 5.41 Å². The zero-order valence-electron chi connectivity index (χ0n) is 11.7. The number of pyridine rings is 1. The van der Waals surface area contributed by atoms with Crippen LogP contribution in [0.3, 0.4) is 0 Å². The van der Waals surface area contributed by atoms with Crippen LogP contribution in [0.5, 0.6) is 0 Å². The molecule has 0 saturated carbocycles. The van der Waals surface area contributed by atoms with Crippen LogP contribution in [0.1, 0.15) is 32.3 Å². The number of amides is 1. The summed E-state index contributed by atoms with van der Waals surface area (Å²) in [5, 5.41) is 10.0. The first-order valence-corrected chi connectivity index (χ1v) is 6.84. The molecule has 1 amide bonds. The zero-order valence-corrected chi connectivity index (χ0v) is 11.7. The largest absolute Gasteiger partial charge is 0.391 e. The van der Waals surface area contributed by atoms with Crippen molar-refractivity contribution in [3.05, 3.63) is 30.1 Å². The van der Waals surface area contributed by atoms with E-state index < -0.39 is 6.10 Å². The van der Waals surface area contributed by atoms with Gasteiger partial charge in [-0.2, -0.15) is 0 Å². The third kappa shape index (κ3) is 3.53. The van der Waals surface area contributed by atoms with E-state index in [0.29, 0.717) is 19.4 Å². The molecule has 2 rings (SSSR count). The fourth-order valence-corrected chi connectivity index (χ4v) is 2.32. The van der Waals surface area contributed by atoms with Crippen LogP contribution in [0.15, 0.2) is 24.5 Å². The predicted octanol–water partition coefficient (Wildman–Crippen LogP) is 1.63. The molecule has 1 fully saturated rings. The number of hydrogen-bond donors (Lipinski definition) is 1. The zero-order chi connectivity index (χ0) is 13.9. The lowest BCUT2D eigenvalue weighted by molar-refractivity contribution is -0.137. The van der Waals surface area contributed by atoms with E-state index in [4.69, 9.17) is 0 Å². The van der Waals surface area contributed by atoms with Crippen LogP contribution in [-0.4, -0.2) is 40.1 Å². The summed E-state index contributed by atoms with van der Waals surface area (Å²) in [5.74, 6) is 0.124. The summed E-state index contributed by atoms with van der Waals surface area (Å²) < 4.78 is 0. The number of aliphatic hydroxyl groups is 1. The second kappa shape index (κ2) is 5.70. The molecule has 1 unspecified atom stereocenters. The lowest BCUT2D eigenvalue weighted by Crippen LogP contribution is -2.50. The van der Waals surface area contributed by atoms with Crippen LogP contribution in [0.4, 0.5) is 0 Å². The van der Waals surface area contributed by atoms with E-state index in [-0.39, 0.29) is 11.3 Å². The Morgan fingerprint density at radius 3 is 3.00 bits per heavy atom. The number of aryl methyl sites for hydroxylation is 1. The monoisotopic (exact) mass is 262 g/mol. The minimum Gasteiger partial charge on any atom is -0.391 e. The van der Waals surface area contributed by atoms with Gasteiger partial charge in [0.1, 0.15) is 0 Å². The number of rotatable bonds is 3. The van der Waals surface area contributed by atoms with Gasteiger partial charge in [0.05, 0.1) is 6.10 Å². The Bertz CT molecular complexity index is 431. The molecule has 1 aromatic heterocycles. The molecular weight excluding hydrogens is 240 g/mol. The molecule has 0 spiro atoms. The minimum absolute atomic E-state index is 0.0832. The Kier molecular flexibility index (Phi) is 4.20. The van der Waals surface area contributed by atoms with Gasteiger partial charge in [-0.15, -0.1) is 0 Å². The number of aromatic nitrogens is 1. The van der Waals surface area contributed by atoms with E-state index in [0.717, 1.165) is 18.5 Å². The molecule has 2 heterocycles. The Balaban J connectivity index is 1.84. The number of hydrogen-bond acceptors (Lipinski definition) is 3. The van der Waals surface area contributed by atoms with Crippen molar-refractivity contribution in [3.63, 3.8) is 0 Å². The first kappa shape index (κ1) is 14.0. The van der Waals surface area contributed by atoms with Crippen molar-refractivity contribution in [2.45, 2.75) is 39.2 Å². The van der Waals surface area contributed by atoms with E-state index in [1.54, 1.807) is 17.3 Å². The summed E-state index contributed by atoms with van der Waals surface area (Å²) in [4.78, 5) is 17.9. The Labute approximate surface area is 114 Å². The number of carbonyl (C=O) groups excluding carboxylic acids is 1. The molecule has 4 nitrogen and oxygen atoms in total. The smallest absolute Gasteiger partial charge is 0.222 e. The van der Waals surface area contributed by atoms with Gasteiger partial charge < -0.3 is 10.0 Å². The van der Waals surface area contributed by atoms with Gasteiger partial charge in [-0.3, -0.25) is 9.78 Å². The average Bonchev–Trinajstić information content (AvgIpc) is 2.40. The highest BCUT2D eigenvalue weighted by Crippen LogP contribution is 2.30. The summed E-state index contributed by atoms with van der Waals surface area (Å²) in [6, 6.07) is 3.86. The molecular formula is C15H22N2O2. The molecule has 0 radical (unpaired) electrons. The third-order valence-corrected chi connectivity index (χ3v) is 4.02. The minimum atomic E-state index is -0.427. The second-order valence-corrected chi connectivity index (χ2v) is 5.96. The fraction of sp³-hybridized carbons (Fsp3) is 0.600.